The SMILES string of the molecule is CCN(Cc1cc(-c2cc(C)ncc2F)ccc1C1CCc2ccc(CC(C)C(=O)O)cc2O1)C(C)C. The molecule has 0 radical (unpaired) electrons. The Morgan fingerprint density at radius 1 is 1.19 bits per heavy atom. The normalized spacial score (nSPS) is 15.9. The quantitative estimate of drug-likeness (QED) is 0.349. The second kappa shape index (κ2) is 11.4. The average Bonchev–Trinajstić information content (AvgIpc) is 2.87. The molecule has 0 fully saturated rings. The maximum atomic E-state index is 14.7. The second-order valence-electron chi connectivity index (χ2n) is 10.4. The van der Waals surface area contributed by atoms with E-state index in [0.29, 0.717) is 18.0 Å². The van der Waals surface area contributed by atoms with Gasteiger partial charge in [0.2, 0.25) is 0 Å². The maximum absolute atomic E-state index is 14.7. The number of hydrogen-bond acceptors (Lipinski definition) is 4. The number of carbonyl (C=O) groups is 1. The first-order chi connectivity index (χ1) is 17.7. The van der Waals surface area contributed by atoms with Gasteiger partial charge in [0.1, 0.15) is 17.7 Å². The lowest BCUT2D eigenvalue weighted by Gasteiger charge is -2.31. The number of aliphatic carboxylic acids is 1. The molecule has 2 aromatic carbocycles. The van der Waals surface area contributed by atoms with Crippen molar-refractivity contribution in [1.29, 1.82) is 0 Å². The highest BCUT2D eigenvalue weighted by Crippen LogP contribution is 2.38. The third kappa shape index (κ3) is 6.19. The van der Waals surface area contributed by atoms with E-state index in [1.807, 2.05) is 25.1 Å². The van der Waals surface area contributed by atoms with Gasteiger partial charge in [-0.25, -0.2) is 4.39 Å². The van der Waals surface area contributed by atoms with E-state index in [-0.39, 0.29) is 11.9 Å². The lowest BCUT2D eigenvalue weighted by Crippen LogP contribution is -2.31. The fraction of sp³-hybridized carbons (Fsp3) is 0.419. The summed E-state index contributed by atoms with van der Waals surface area (Å²) >= 11 is 0. The second-order valence-corrected chi connectivity index (χ2v) is 10.4. The van der Waals surface area contributed by atoms with Crippen LogP contribution in [0.3, 0.4) is 0 Å². The molecule has 37 heavy (non-hydrogen) atoms. The van der Waals surface area contributed by atoms with E-state index in [0.717, 1.165) is 65.2 Å². The highest BCUT2D eigenvalue weighted by molar-refractivity contribution is 5.70. The first kappa shape index (κ1) is 26.8. The maximum Gasteiger partial charge on any atom is 0.306 e. The van der Waals surface area contributed by atoms with Crippen LogP contribution in [0.4, 0.5) is 4.39 Å². The summed E-state index contributed by atoms with van der Waals surface area (Å²) in [5.41, 5.74) is 6.52. The molecule has 1 aromatic heterocycles. The van der Waals surface area contributed by atoms with E-state index in [4.69, 9.17) is 4.74 Å². The number of carboxylic acids is 1. The number of ether oxygens (including phenoxy) is 1. The first-order valence-corrected chi connectivity index (χ1v) is 13.2. The molecule has 0 aliphatic carbocycles. The highest BCUT2D eigenvalue weighted by Gasteiger charge is 2.26. The summed E-state index contributed by atoms with van der Waals surface area (Å²) in [6, 6.07) is 14.4. The van der Waals surface area contributed by atoms with Crippen molar-refractivity contribution >= 4 is 5.97 Å². The van der Waals surface area contributed by atoms with Crippen LogP contribution >= 0.6 is 0 Å². The van der Waals surface area contributed by atoms with Gasteiger partial charge < -0.3 is 9.84 Å². The molecule has 1 aliphatic heterocycles. The molecule has 196 valence electrons. The Labute approximate surface area is 219 Å². The zero-order valence-electron chi connectivity index (χ0n) is 22.4. The predicted molar refractivity (Wildman–Crippen MR) is 144 cm³/mol. The van der Waals surface area contributed by atoms with Crippen molar-refractivity contribution in [3.63, 3.8) is 0 Å². The molecular weight excluding hydrogens is 467 g/mol. The van der Waals surface area contributed by atoms with Crippen LogP contribution in [0.15, 0.2) is 48.7 Å². The first-order valence-electron chi connectivity index (χ1n) is 13.2. The number of benzene rings is 2. The number of rotatable bonds is 9. The van der Waals surface area contributed by atoms with Crippen molar-refractivity contribution in [3.8, 4) is 16.9 Å². The molecular formula is C31H37FN2O3. The Hall–Kier alpha value is -3.25. The van der Waals surface area contributed by atoms with E-state index in [2.05, 4.69) is 48.9 Å². The summed E-state index contributed by atoms with van der Waals surface area (Å²) in [4.78, 5) is 17.8. The van der Waals surface area contributed by atoms with E-state index in [9.17, 15) is 14.3 Å². The van der Waals surface area contributed by atoms with Crippen molar-refractivity contribution in [1.82, 2.24) is 9.88 Å². The van der Waals surface area contributed by atoms with Crippen LogP contribution < -0.4 is 4.74 Å². The number of aromatic nitrogens is 1. The fourth-order valence-corrected chi connectivity index (χ4v) is 5.07. The Morgan fingerprint density at radius 2 is 1.97 bits per heavy atom. The molecule has 0 saturated carbocycles. The van der Waals surface area contributed by atoms with Gasteiger partial charge in [0.05, 0.1) is 12.1 Å². The summed E-state index contributed by atoms with van der Waals surface area (Å²) in [5.74, 6) is -0.752. The fourth-order valence-electron chi connectivity index (χ4n) is 5.07. The number of hydrogen-bond donors (Lipinski definition) is 1. The molecule has 1 aliphatic rings. The lowest BCUT2D eigenvalue weighted by molar-refractivity contribution is -0.141. The lowest BCUT2D eigenvalue weighted by atomic mass is 9.90. The van der Waals surface area contributed by atoms with Crippen molar-refractivity contribution in [2.45, 2.75) is 72.6 Å². The van der Waals surface area contributed by atoms with Gasteiger partial charge >= 0.3 is 5.97 Å². The van der Waals surface area contributed by atoms with E-state index in [1.54, 1.807) is 13.0 Å². The van der Waals surface area contributed by atoms with Gasteiger partial charge in [0.25, 0.3) is 0 Å². The molecule has 5 nitrogen and oxygen atoms in total. The third-order valence-corrected chi connectivity index (χ3v) is 7.34. The van der Waals surface area contributed by atoms with Gasteiger partial charge in [-0.3, -0.25) is 14.7 Å². The Bertz CT molecular complexity index is 1270. The molecule has 0 bridgehead atoms. The molecule has 2 heterocycles. The highest BCUT2D eigenvalue weighted by atomic mass is 19.1. The van der Waals surface area contributed by atoms with Gasteiger partial charge in [-0.1, -0.05) is 38.1 Å². The third-order valence-electron chi connectivity index (χ3n) is 7.34. The minimum atomic E-state index is -0.798. The van der Waals surface area contributed by atoms with E-state index >= 15 is 0 Å². The predicted octanol–water partition coefficient (Wildman–Crippen LogP) is 6.76. The molecule has 2 atom stereocenters. The minimum absolute atomic E-state index is 0.126. The molecule has 0 saturated heterocycles. The summed E-state index contributed by atoms with van der Waals surface area (Å²) in [7, 11) is 0. The molecule has 3 aromatic rings. The number of fused-ring (bicyclic) bond motifs is 1. The van der Waals surface area contributed by atoms with Crippen LogP contribution in [-0.2, 0) is 24.2 Å². The van der Waals surface area contributed by atoms with Crippen LogP contribution in [0.1, 0.15) is 68.2 Å². The molecule has 0 spiro atoms. The summed E-state index contributed by atoms with van der Waals surface area (Å²) < 4.78 is 21.3. The number of carboxylic acid groups (broad SMARTS) is 1. The standard InChI is InChI=1S/C31H37FN2O3/c1-6-34(19(2)3)18-25-16-24(27-14-21(5)33-17-28(27)32)9-11-26(25)29-12-10-23-8-7-22(15-30(23)37-29)13-20(4)31(35)36/h7-9,11,14-17,19-20,29H,6,10,12-13,18H2,1-5H3,(H,35,36). The molecule has 1 N–H and O–H groups in total. The van der Waals surface area contributed by atoms with Crippen molar-refractivity contribution in [3.05, 3.63) is 82.4 Å². The number of nitrogens with zero attached hydrogens (tertiary/aromatic N) is 2. The summed E-state index contributed by atoms with van der Waals surface area (Å²) in [6.07, 6.45) is 3.36. The Morgan fingerprint density at radius 3 is 2.68 bits per heavy atom. The average molecular weight is 505 g/mol. The van der Waals surface area contributed by atoms with Gasteiger partial charge in [-0.2, -0.15) is 0 Å². The summed E-state index contributed by atoms with van der Waals surface area (Å²) in [5, 5.41) is 9.31. The molecule has 6 heteroatoms. The van der Waals surface area contributed by atoms with Gasteiger partial charge in [-0.05, 0) is 92.6 Å². The topological polar surface area (TPSA) is 62.7 Å². The van der Waals surface area contributed by atoms with Crippen LogP contribution in [0.25, 0.3) is 11.1 Å². The van der Waals surface area contributed by atoms with Crippen LogP contribution in [-0.4, -0.2) is 33.5 Å². The van der Waals surface area contributed by atoms with Gasteiger partial charge in [-0.15, -0.1) is 0 Å². The van der Waals surface area contributed by atoms with Crippen molar-refractivity contribution in [2.75, 3.05) is 6.54 Å². The van der Waals surface area contributed by atoms with Gasteiger partial charge in [0.15, 0.2) is 0 Å². The van der Waals surface area contributed by atoms with Crippen LogP contribution in [0.5, 0.6) is 5.75 Å². The van der Waals surface area contributed by atoms with Crippen molar-refractivity contribution in [2.24, 2.45) is 5.92 Å². The summed E-state index contributed by atoms with van der Waals surface area (Å²) in [6.45, 7) is 11.8. The number of aryl methyl sites for hydroxylation is 2. The zero-order chi connectivity index (χ0) is 26.7. The minimum Gasteiger partial charge on any atom is -0.485 e. The van der Waals surface area contributed by atoms with E-state index in [1.165, 1.54) is 6.20 Å². The zero-order valence-corrected chi connectivity index (χ0v) is 22.4. The number of halogens is 1. The molecule has 4 rings (SSSR count). The smallest absolute Gasteiger partial charge is 0.306 e. The number of pyridine rings is 1. The van der Waals surface area contributed by atoms with Crippen molar-refractivity contribution < 1.29 is 19.0 Å². The Balaban J connectivity index is 1.69. The molecule has 0 amide bonds. The van der Waals surface area contributed by atoms with Gasteiger partial charge in [0, 0.05) is 23.8 Å². The largest absolute Gasteiger partial charge is 0.485 e. The Kier molecular flexibility index (Phi) is 8.28. The molecule has 2 unspecified atom stereocenters. The van der Waals surface area contributed by atoms with Crippen LogP contribution in [0, 0.1) is 18.7 Å². The van der Waals surface area contributed by atoms with E-state index < -0.39 is 11.9 Å². The monoisotopic (exact) mass is 504 g/mol. The van der Waals surface area contributed by atoms with Crippen LogP contribution in [0.2, 0.25) is 0 Å².